The van der Waals surface area contributed by atoms with Gasteiger partial charge in [0.15, 0.2) is 0 Å². The maximum absolute atomic E-state index is 9.27. The van der Waals surface area contributed by atoms with Crippen LogP contribution in [0.5, 0.6) is 0 Å². The Labute approximate surface area is 119 Å². The van der Waals surface area contributed by atoms with Gasteiger partial charge in [-0.25, -0.2) is 0 Å². The molecule has 0 bridgehead atoms. The molecular formula is C16H31N3. The summed E-state index contributed by atoms with van der Waals surface area (Å²) in [5, 5.41) is 12.4. The Balaban J connectivity index is 2.54. The molecule has 0 spiro atoms. The standard InChI is InChI=1S/C16H31N3/c1-13(2)15-7-6-9-19(10-8-15)14(3)11-16(4,12-17)18-5/h13-15,18H,6-11H2,1-5H3. The first-order chi connectivity index (χ1) is 8.91. The van der Waals surface area contributed by atoms with E-state index in [4.69, 9.17) is 0 Å². The van der Waals surface area contributed by atoms with Crippen LogP contribution < -0.4 is 5.32 Å². The lowest BCUT2D eigenvalue weighted by Crippen LogP contribution is -2.46. The van der Waals surface area contributed by atoms with Gasteiger partial charge in [-0.2, -0.15) is 5.26 Å². The Morgan fingerprint density at radius 2 is 2.00 bits per heavy atom. The summed E-state index contributed by atoms with van der Waals surface area (Å²) in [4.78, 5) is 2.58. The predicted molar refractivity (Wildman–Crippen MR) is 80.9 cm³/mol. The zero-order valence-electron chi connectivity index (χ0n) is 13.4. The zero-order valence-corrected chi connectivity index (χ0v) is 13.4. The van der Waals surface area contributed by atoms with Crippen molar-refractivity contribution in [3.8, 4) is 6.07 Å². The van der Waals surface area contributed by atoms with E-state index in [9.17, 15) is 5.26 Å². The van der Waals surface area contributed by atoms with E-state index in [2.05, 4.69) is 37.1 Å². The third-order valence-corrected chi connectivity index (χ3v) is 4.88. The first kappa shape index (κ1) is 16.5. The lowest BCUT2D eigenvalue weighted by Gasteiger charge is -2.33. The van der Waals surface area contributed by atoms with Crippen LogP contribution in [0.25, 0.3) is 0 Å². The molecule has 110 valence electrons. The molecule has 1 saturated heterocycles. The molecule has 0 saturated carbocycles. The van der Waals surface area contributed by atoms with Crippen LogP contribution in [-0.4, -0.2) is 36.6 Å². The van der Waals surface area contributed by atoms with Gasteiger partial charge in [0.2, 0.25) is 0 Å². The summed E-state index contributed by atoms with van der Waals surface area (Å²) in [6.45, 7) is 11.3. The van der Waals surface area contributed by atoms with E-state index in [1.54, 1.807) is 0 Å². The van der Waals surface area contributed by atoms with Crippen molar-refractivity contribution in [3.63, 3.8) is 0 Å². The number of nitrogens with zero attached hydrogens (tertiary/aromatic N) is 2. The first-order valence-corrected chi connectivity index (χ1v) is 7.76. The molecule has 0 amide bonds. The van der Waals surface area contributed by atoms with Crippen molar-refractivity contribution in [2.45, 2.75) is 65.0 Å². The minimum absolute atomic E-state index is 0.400. The fraction of sp³-hybridized carbons (Fsp3) is 0.938. The summed E-state index contributed by atoms with van der Waals surface area (Å²) in [7, 11) is 1.88. The van der Waals surface area contributed by atoms with Crippen molar-refractivity contribution in [1.82, 2.24) is 10.2 Å². The number of nitriles is 1. The Morgan fingerprint density at radius 3 is 2.53 bits per heavy atom. The number of nitrogens with one attached hydrogen (secondary N) is 1. The summed E-state index contributed by atoms with van der Waals surface area (Å²) >= 11 is 0. The van der Waals surface area contributed by atoms with E-state index in [-0.39, 0.29) is 0 Å². The highest BCUT2D eigenvalue weighted by Gasteiger charge is 2.28. The maximum atomic E-state index is 9.27. The molecule has 0 radical (unpaired) electrons. The lowest BCUT2D eigenvalue weighted by molar-refractivity contribution is 0.180. The fourth-order valence-electron chi connectivity index (χ4n) is 3.18. The topological polar surface area (TPSA) is 39.1 Å². The number of hydrogen-bond acceptors (Lipinski definition) is 3. The molecule has 1 aliphatic rings. The van der Waals surface area contributed by atoms with Crippen LogP contribution in [0, 0.1) is 23.2 Å². The van der Waals surface area contributed by atoms with Crippen LogP contribution in [0.1, 0.15) is 53.4 Å². The Kier molecular flexibility index (Phi) is 6.29. The monoisotopic (exact) mass is 265 g/mol. The fourth-order valence-corrected chi connectivity index (χ4v) is 3.18. The third kappa shape index (κ3) is 4.78. The summed E-state index contributed by atoms with van der Waals surface area (Å²) in [5.41, 5.74) is -0.400. The van der Waals surface area contributed by atoms with E-state index in [1.165, 1.54) is 32.4 Å². The molecule has 1 aliphatic heterocycles. The molecule has 1 heterocycles. The molecule has 0 aromatic rings. The average Bonchev–Trinajstić information content (AvgIpc) is 2.64. The van der Waals surface area contributed by atoms with Gasteiger partial charge >= 0.3 is 0 Å². The van der Waals surface area contributed by atoms with Crippen LogP contribution in [-0.2, 0) is 0 Å². The summed E-state index contributed by atoms with van der Waals surface area (Å²) in [5.74, 6) is 1.68. The van der Waals surface area contributed by atoms with E-state index in [0.29, 0.717) is 6.04 Å². The van der Waals surface area contributed by atoms with Crippen molar-refractivity contribution in [3.05, 3.63) is 0 Å². The van der Waals surface area contributed by atoms with Crippen molar-refractivity contribution >= 4 is 0 Å². The second-order valence-electron chi connectivity index (χ2n) is 6.72. The van der Waals surface area contributed by atoms with E-state index in [0.717, 1.165) is 18.3 Å². The van der Waals surface area contributed by atoms with Crippen LogP contribution in [0.15, 0.2) is 0 Å². The Hall–Kier alpha value is -0.590. The molecule has 3 atom stereocenters. The van der Waals surface area contributed by atoms with Gasteiger partial charge < -0.3 is 10.2 Å². The SMILES string of the molecule is CNC(C)(C#N)CC(C)N1CCCC(C(C)C)CC1. The van der Waals surface area contributed by atoms with Crippen molar-refractivity contribution in [2.24, 2.45) is 11.8 Å². The van der Waals surface area contributed by atoms with E-state index >= 15 is 0 Å². The number of hydrogen-bond donors (Lipinski definition) is 1. The lowest BCUT2D eigenvalue weighted by atomic mass is 9.89. The Bertz CT molecular complexity index is 308. The second kappa shape index (κ2) is 7.26. The molecule has 1 fully saturated rings. The second-order valence-corrected chi connectivity index (χ2v) is 6.72. The summed E-state index contributed by atoms with van der Waals surface area (Å²) in [6.07, 6.45) is 4.87. The van der Waals surface area contributed by atoms with Gasteiger partial charge in [0.05, 0.1) is 6.07 Å². The van der Waals surface area contributed by atoms with Gasteiger partial charge in [-0.05, 0) is 71.5 Å². The molecule has 3 unspecified atom stereocenters. The molecule has 3 nitrogen and oxygen atoms in total. The minimum atomic E-state index is -0.400. The highest BCUT2D eigenvalue weighted by Crippen LogP contribution is 2.26. The minimum Gasteiger partial charge on any atom is -0.303 e. The number of rotatable bonds is 5. The van der Waals surface area contributed by atoms with Crippen molar-refractivity contribution < 1.29 is 0 Å². The van der Waals surface area contributed by atoms with Crippen LogP contribution >= 0.6 is 0 Å². The normalized spacial score (nSPS) is 26.5. The van der Waals surface area contributed by atoms with Gasteiger partial charge in [-0.3, -0.25) is 0 Å². The molecular weight excluding hydrogens is 234 g/mol. The quantitative estimate of drug-likeness (QED) is 0.830. The van der Waals surface area contributed by atoms with Gasteiger partial charge in [0, 0.05) is 6.04 Å². The maximum Gasteiger partial charge on any atom is 0.105 e. The molecule has 19 heavy (non-hydrogen) atoms. The molecule has 1 rings (SSSR count). The molecule has 0 aromatic heterocycles. The van der Waals surface area contributed by atoms with Crippen LogP contribution in [0.4, 0.5) is 0 Å². The van der Waals surface area contributed by atoms with Crippen molar-refractivity contribution in [1.29, 1.82) is 5.26 Å². The van der Waals surface area contributed by atoms with Crippen LogP contribution in [0.2, 0.25) is 0 Å². The molecule has 0 aromatic carbocycles. The smallest absolute Gasteiger partial charge is 0.105 e. The highest BCUT2D eigenvalue weighted by atomic mass is 15.2. The van der Waals surface area contributed by atoms with Gasteiger partial charge in [0.25, 0.3) is 0 Å². The highest BCUT2D eigenvalue weighted by molar-refractivity contribution is 5.04. The van der Waals surface area contributed by atoms with E-state index in [1.807, 2.05) is 14.0 Å². The third-order valence-electron chi connectivity index (χ3n) is 4.88. The van der Waals surface area contributed by atoms with Gasteiger partial charge in [-0.1, -0.05) is 13.8 Å². The zero-order chi connectivity index (χ0) is 14.5. The van der Waals surface area contributed by atoms with E-state index < -0.39 is 5.54 Å². The molecule has 0 aliphatic carbocycles. The first-order valence-electron chi connectivity index (χ1n) is 7.76. The van der Waals surface area contributed by atoms with Gasteiger partial charge in [-0.15, -0.1) is 0 Å². The largest absolute Gasteiger partial charge is 0.303 e. The number of likely N-dealkylation sites (tertiary alicyclic amines) is 1. The van der Waals surface area contributed by atoms with Crippen LogP contribution in [0.3, 0.4) is 0 Å². The van der Waals surface area contributed by atoms with Crippen molar-refractivity contribution in [2.75, 3.05) is 20.1 Å². The summed E-state index contributed by atoms with van der Waals surface area (Å²) < 4.78 is 0. The van der Waals surface area contributed by atoms with Gasteiger partial charge in [0.1, 0.15) is 5.54 Å². The predicted octanol–water partition coefficient (Wildman–Crippen LogP) is 3.02. The summed E-state index contributed by atoms with van der Waals surface area (Å²) in [6, 6.07) is 2.88. The Morgan fingerprint density at radius 1 is 1.32 bits per heavy atom. The average molecular weight is 265 g/mol. The molecule has 1 N–H and O–H groups in total. The molecule has 3 heteroatoms.